The van der Waals surface area contributed by atoms with E-state index in [1.807, 2.05) is 0 Å². The van der Waals surface area contributed by atoms with E-state index >= 15 is 0 Å². The highest BCUT2D eigenvalue weighted by Gasteiger charge is 2.31. The molecule has 0 aromatic heterocycles. The lowest BCUT2D eigenvalue weighted by Crippen LogP contribution is -1.98. The predicted molar refractivity (Wildman–Crippen MR) is 74.1 cm³/mol. The molecule has 106 valence electrons. The number of carbonyl (C=O) groups is 1. The fraction of sp³-hybridized carbons (Fsp3) is 0. The van der Waals surface area contributed by atoms with Crippen LogP contribution >= 0.6 is 11.6 Å². The number of ketones is 1. The van der Waals surface area contributed by atoms with Crippen LogP contribution in [0.1, 0.15) is 15.9 Å². The standard InChI is InChI=1S/C15H8ClFO4/c16-9-5-7(1-3-10(9)17)6-12-13(19)8-2-4-11(18)14(20)15(8)21-12/h1-6,18,20H. The molecule has 1 aliphatic heterocycles. The van der Waals surface area contributed by atoms with Crippen LogP contribution in [0.2, 0.25) is 5.02 Å². The second kappa shape index (κ2) is 4.79. The number of hydrogen-bond donors (Lipinski definition) is 2. The molecule has 0 bridgehead atoms. The Hall–Kier alpha value is -2.53. The smallest absolute Gasteiger partial charge is 0.232 e. The van der Waals surface area contributed by atoms with Gasteiger partial charge in [0.25, 0.3) is 0 Å². The van der Waals surface area contributed by atoms with E-state index in [2.05, 4.69) is 0 Å². The van der Waals surface area contributed by atoms with Crippen molar-refractivity contribution in [2.45, 2.75) is 0 Å². The third-order valence-corrected chi connectivity index (χ3v) is 3.32. The number of halogens is 2. The van der Waals surface area contributed by atoms with Crippen LogP contribution < -0.4 is 4.74 Å². The number of aromatic hydroxyl groups is 2. The molecule has 1 aliphatic rings. The highest BCUT2D eigenvalue weighted by molar-refractivity contribution is 6.30. The van der Waals surface area contributed by atoms with Crippen LogP contribution in [0.15, 0.2) is 36.1 Å². The first-order valence-corrected chi connectivity index (χ1v) is 6.29. The Morgan fingerprint density at radius 3 is 2.67 bits per heavy atom. The predicted octanol–water partition coefficient (Wildman–Crippen LogP) is 3.51. The van der Waals surface area contributed by atoms with E-state index in [0.29, 0.717) is 5.56 Å². The summed E-state index contributed by atoms with van der Waals surface area (Å²) in [5.41, 5.74) is 0.617. The number of hydrogen-bond acceptors (Lipinski definition) is 4. The zero-order chi connectivity index (χ0) is 15.1. The van der Waals surface area contributed by atoms with Crippen LogP contribution in [-0.4, -0.2) is 16.0 Å². The molecule has 0 unspecified atom stereocenters. The Kier molecular flexibility index (Phi) is 3.07. The number of phenols is 2. The molecule has 3 rings (SSSR count). The Morgan fingerprint density at radius 1 is 1.19 bits per heavy atom. The number of fused-ring (bicyclic) bond motifs is 1. The van der Waals surface area contributed by atoms with E-state index in [9.17, 15) is 19.4 Å². The molecule has 2 aromatic carbocycles. The van der Waals surface area contributed by atoms with Crippen molar-refractivity contribution in [3.05, 3.63) is 58.1 Å². The van der Waals surface area contributed by atoms with E-state index < -0.39 is 17.3 Å². The summed E-state index contributed by atoms with van der Waals surface area (Å²) in [4.78, 5) is 12.1. The van der Waals surface area contributed by atoms with Crippen molar-refractivity contribution in [3.63, 3.8) is 0 Å². The number of ether oxygens (including phenoxy) is 1. The fourth-order valence-corrected chi connectivity index (χ4v) is 2.17. The molecule has 21 heavy (non-hydrogen) atoms. The zero-order valence-corrected chi connectivity index (χ0v) is 11.2. The van der Waals surface area contributed by atoms with Crippen molar-refractivity contribution >= 4 is 23.5 Å². The van der Waals surface area contributed by atoms with Gasteiger partial charge >= 0.3 is 0 Å². The van der Waals surface area contributed by atoms with Gasteiger partial charge in [-0.1, -0.05) is 17.7 Å². The lowest BCUT2D eigenvalue weighted by molar-refractivity contribution is 0.101. The zero-order valence-electron chi connectivity index (χ0n) is 10.4. The third-order valence-electron chi connectivity index (χ3n) is 3.03. The lowest BCUT2D eigenvalue weighted by Gasteiger charge is -2.02. The van der Waals surface area contributed by atoms with Crippen LogP contribution in [0.25, 0.3) is 6.08 Å². The Morgan fingerprint density at radius 2 is 1.95 bits per heavy atom. The lowest BCUT2D eigenvalue weighted by atomic mass is 10.1. The van der Waals surface area contributed by atoms with Crippen LogP contribution in [0.3, 0.4) is 0 Å². The summed E-state index contributed by atoms with van der Waals surface area (Å²) in [6, 6.07) is 6.51. The summed E-state index contributed by atoms with van der Waals surface area (Å²) >= 11 is 5.67. The highest BCUT2D eigenvalue weighted by Crippen LogP contribution is 2.44. The van der Waals surface area contributed by atoms with Gasteiger partial charge in [-0.25, -0.2) is 4.39 Å². The molecule has 0 atom stereocenters. The van der Waals surface area contributed by atoms with E-state index in [1.54, 1.807) is 0 Å². The highest BCUT2D eigenvalue weighted by atomic mass is 35.5. The number of rotatable bonds is 1. The Labute approximate surface area is 123 Å². The molecule has 0 saturated carbocycles. The van der Waals surface area contributed by atoms with Crippen molar-refractivity contribution in [1.29, 1.82) is 0 Å². The van der Waals surface area contributed by atoms with Gasteiger partial charge in [-0.05, 0) is 35.9 Å². The first-order chi connectivity index (χ1) is 9.97. The van der Waals surface area contributed by atoms with Crippen molar-refractivity contribution in [1.82, 2.24) is 0 Å². The maximum absolute atomic E-state index is 13.1. The molecule has 1 heterocycles. The van der Waals surface area contributed by atoms with Gasteiger partial charge in [0.1, 0.15) is 5.82 Å². The van der Waals surface area contributed by atoms with Gasteiger partial charge in [0, 0.05) is 0 Å². The summed E-state index contributed by atoms with van der Waals surface area (Å²) in [5, 5.41) is 19.0. The van der Waals surface area contributed by atoms with Gasteiger partial charge in [0.2, 0.25) is 11.5 Å². The van der Waals surface area contributed by atoms with Gasteiger partial charge in [-0.3, -0.25) is 4.79 Å². The van der Waals surface area contributed by atoms with Crippen LogP contribution in [-0.2, 0) is 0 Å². The first-order valence-electron chi connectivity index (χ1n) is 5.91. The quantitative estimate of drug-likeness (QED) is 0.625. The van der Waals surface area contributed by atoms with Crippen LogP contribution in [0.5, 0.6) is 17.2 Å². The molecule has 4 nitrogen and oxygen atoms in total. The molecule has 2 N–H and O–H groups in total. The molecule has 0 spiro atoms. The van der Waals surface area contributed by atoms with Crippen molar-refractivity contribution in [2.24, 2.45) is 0 Å². The summed E-state index contributed by atoms with van der Waals surface area (Å²) in [5.74, 6) is -2.04. The van der Waals surface area contributed by atoms with Crippen LogP contribution in [0, 0.1) is 5.82 Å². The number of benzene rings is 2. The van der Waals surface area contributed by atoms with Crippen molar-refractivity contribution < 1.29 is 24.1 Å². The molecule has 0 aliphatic carbocycles. The summed E-state index contributed by atoms with van der Waals surface area (Å²) in [6.07, 6.45) is 1.38. The Balaban J connectivity index is 2.02. The molecule has 0 fully saturated rings. The van der Waals surface area contributed by atoms with Crippen LogP contribution in [0.4, 0.5) is 4.39 Å². The van der Waals surface area contributed by atoms with Gasteiger partial charge in [-0.2, -0.15) is 0 Å². The van der Waals surface area contributed by atoms with Crippen molar-refractivity contribution in [3.8, 4) is 17.2 Å². The largest absolute Gasteiger partial charge is 0.504 e. The summed E-state index contributed by atoms with van der Waals surface area (Å²) in [7, 11) is 0. The average Bonchev–Trinajstić information content (AvgIpc) is 2.76. The molecule has 2 aromatic rings. The average molecular weight is 307 g/mol. The fourth-order valence-electron chi connectivity index (χ4n) is 1.98. The molecular weight excluding hydrogens is 299 g/mol. The molecule has 0 radical (unpaired) electrons. The third kappa shape index (κ3) is 2.21. The van der Waals surface area contributed by atoms with E-state index in [0.717, 1.165) is 0 Å². The first kappa shape index (κ1) is 13.5. The van der Waals surface area contributed by atoms with Gasteiger partial charge in [0.15, 0.2) is 17.3 Å². The normalized spacial score (nSPS) is 15.1. The number of Topliss-reactive ketones (excluding diaryl/α,β-unsaturated/α-hetero) is 1. The molecule has 0 saturated heterocycles. The minimum absolute atomic E-state index is 0.0476. The van der Waals surface area contributed by atoms with Gasteiger partial charge < -0.3 is 14.9 Å². The maximum atomic E-state index is 13.1. The minimum Gasteiger partial charge on any atom is -0.504 e. The monoisotopic (exact) mass is 306 g/mol. The second-order valence-electron chi connectivity index (χ2n) is 4.42. The number of allylic oxidation sites excluding steroid dienone is 1. The van der Waals surface area contributed by atoms with E-state index in [4.69, 9.17) is 16.3 Å². The summed E-state index contributed by atoms with van der Waals surface area (Å²) in [6.45, 7) is 0. The van der Waals surface area contributed by atoms with Gasteiger partial charge in [-0.15, -0.1) is 0 Å². The van der Waals surface area contributed by atoms with Crippen molar-refractivity contribution in [2.75, 3.05) is 0 Å². The number of carbonyl (C=O) groups excluding carboxylic acids is 1. The molecule has 0 amide bonds. The van der Waals surface area contributed by atoms with E-state index in [1.165, 1.54) is 36.4 Å². The molecule has 6 heteroatoms. The Bertz CT molecular complexity index is 799. The number of phenolic OH excluding ortho intramolecular Hbond substituents is 2. The maximum Gasteiger partial charge on any atom is 0.232 e. The van der Waals surface area contributed by atoms with Gasteiger partial charge in [0.05, 0.1) is 10.6 Å². The SMILES string of the molecule is O=C1C(=Cc2ccc(F)c(Cl)c2)Oc2c1ccc(O)c2O. The summed E-state index contributed by atoms with van der Waals surface area (Å²) < 4.78 is 18.4. The minimum atomic E-state index is -0.566. The van der Waals surface area contributed by atoms with E-state index in [-0.39, 0.29) is 27.8 Å². The topological polar surface area (TPSA) is 66.8 Å². The second-order valence-corrected chi connectivity index (χ2v) is 4.83. The molecular formula is C15H8ClFO4.